The summed E-state index contributed by atoms with van der Waals surface area (Å²) in [5.74, 6) is 1.31. The largest absolute Gasteiger partial charge is 0.492 e. The molecule has 1 fully saturated rings. The maximum absolute atomic E-state index is 6.03. The summed E-state index contributed by atoms with van der Waals surface area (Å²) in [6.07, 6.45) is 3.58. The Morgan fingerprint density at radius 2 is 1.88 bits per heavy atom. The summed E-state index contributed by atoms with van der Waals surface area (Å²) >= 11 is 0. The van der Waals surface area contributed by atoms with E-state index in [0.717, 1.165) is 66.4 Å². The average molecular weight is 443 g/mol. The number of nitrogens with two attached hydrogens (primary N) is 1. The van der Waals surface area contributed by atoms with Gasteiger partial charge in [-0.05, 0) is 42.5 Å². The van der Waals surface area contributed by atoms with Gasteiger partial charge < -0.3 is 20.5 Å². The van der Waals surface area contributed by atoms with Crippen LogP contribution in [0.1, 0.15) is 0 Å². The lowest BCUT2D eigenvalue weighted by Gasteiger charge is -2.26. The van der Waals surface area contributed by atoms with Crippen molar-refractivity contribution in [2.45, 2.75) is 0 Å². The average Bonchev–Trinajstić information content (AvgIpc) is 2.86. The normalized spacial score (nSPS) is 14.3. The molecule has 0 unspecified atom stereocenters. The Labute approximate surface area is 192 Å². The van der Waals surface area contributed by atoms with Crippen LogP contribution in [0.4, 0.5) is 17.3 Å². The van der Waals surface area contributed by atoms with E-state index in [1.54, 1.807) is 12.4 Å². The number of rotatable bonds is 7. The van der Waals surface area contributed by atoms with Crippen LogP contribution >= 0.6 is 0 Å². The van der Waals surface area contributed by atoms with Crippen molar-refractivity contribution in [3.63, 3.8) is 0 Å². The third-order valence-corrected chi connectivity index (χ3v) is 5.55. The van der Waals surface area contributed by atoms with Crippen molar-refractivity contribution in [3.05, 3.63) is 67.0 Å². The molecular weight excluding hydrogens is 416 g/mol. The number of hydrogen-bond acceptors (Lipinski definition) is 8. The van der Waals surface area contributed by atoms with Crippen molar-refractivity contribution < 1.29 is 9.47 Å². The van der Waals surface area contributed by atoms with E-state index in [2.05, 4.69) is 20.2 Å². The molecule has 8 nitrogen and oxygen atoms in total. The van der Waals surface area contributed by atoms with Gasteiger partial charge in [0, 0.05) is 54.4 Å². The molecule has 0 amide bonds. The van der Waals surface area contributed by atoms with Gasteiger partial charge in [0.05, 0.1) is 18.9 Å². The predicted octanol–water partition coefficient (Wildman–Crippen LogP) is 3.73. The van der Waals surface area contributed by atoms with E-state index in [4.69, 9.17) is 20.2 Å². The molecule has 168 valence electrons. The molecular formula is C25H26N6O2. The van der Waals surface area contributed by atoms with Crippen LogP contribution in [0.5, 0.6) is 5.75 Å². The summed E-state index contributed by atoms with van der Waals surface area (Å²) in [6.45, 7) is 5.00. The van der Waals surface area contributed by atoms with Crippen LogP contribution in [0.3, 0.4) is 0 Å². The van der Waals surface area contributed by atoms with Crippen LogP contribution in [0.25, 0.3) is 22.2 Å². The molecule has 0 spiro atoms. The number of hydrogen-bond donors (Lipinski definition) is 2. The van der Waals surface area contributed by atoms with Crippen molar-refractivity contribution in [2.75, 3.05) is 50.5 Å². The minimum absolute atomic E-state index is 0.499. The summed E-state index contributed by atoms with van der Waals surface area (Å²) in [5, 5.41) is 4.15. The van der Waals surface area contributed by atoms with Crippen molar-refractivity contribution >= 4 is 28.2 Å². The summed E-state index contributed by atoms with van der Waals surface area (Å²) in [5.41, 5.74) is 9.85. The minimum Gasteiger partial charge on any atom is -0.492 e. The monoisotopic (exact) mass is 442 g/mol. The zero-order valence-corrected chi connectivity index (χ0v) is 18.3. The number of anilines is 3. The van der Waals surface area contributed by atoms with Crippen molar-refractivity contribution in [3.8, 4) is 17.0 Å². The molecule has 5 rings (SSSR count). The van der Waals surface area contributed by atoms with E-state index in [0.29, 0.717) is 18.2 Å². The van der Waals surface area contributed by atoms with Crippen LogP contribution in [0.2, 0.25) is 0 Å². The number of fused-ring (bicyclic) bond motifs is 1. The Hall–Kier alpha value is -3.75. The third kappa shape index (κ3) is 5.19. The lowest BCUT2D eigenvalue weighted by Crippen LogP contribution is -2.38. The second kappa shape index (κ2) is 9.81. The Kier molecular flexibility index (Phi) is 6.27. The first-order valence-corrected chi connectivity index (χ1v) is 11.0. The van der Waals surface area contributed by atoms with Gasteiger partial charge in [-0.3, -0.25) is 9.88 Å². The molecule has 0 saturated carbocycles. The molecule has 1 aliphatic heterocycles. The minimum atomic E-state index is 0.499. The summed E-state index contributed by atoms with van der Waals surface area (Å²) in [4.78, 5) is 16.2. The Morgan fingerprint density at radius 3 is 2.73 bits per heavy atom. The van der Waals surface area contributed by atoms with E-state index in [9.17, 15) is 0 Å². The third-order valence-electron chi connectivity index (χ3n) is 5.55. The second-order valence-corrected chi connectivity index (χ2v) is 7.87. The number of ether oxygens (including phenoxy) is 2. The smallest absolute Gasteiger partial charge is 0.227 e. The SMILES string of the molecule is Nc1ccc(Nc2ncc3ccnc(-c4cccc(OCCN5CCOCC5)c4)c3n2)cc1. The standard InChI is InChI=1S/C25H26N6O2/c26-20-4-6-21(7-5-20)29-25-28-17-19-8-9-27-23(24(19)30-25)18-2-1-3-22(16-18)33-15-12-31-10-13-32-14-11-31/h1-9,16-17H,10-15,26H2,(H,28,29,30). The van der Waals surface area contributed by atoms with Gasteiger partial charge in [0.25, 0.3) is 0 Å². The zero-order valence-electron chi connectivity index (χ0n) is 18.3. The maximum Gasteiger partial charge on any atom is 0.227 e. The second-order valence-electron chi connectivity index (χ2n) is 7.87. The maximum atomic E-state index is 6.03. The van der Waals surface area contributed by atoms with E-state index in [1.165, 1.54) is 0 Å². The number of nitrogens with one attached hydrogen (secondary N) is 1. The van der Waals surface area contributed by atoms with Gasteiger partial charge in [-0.15, -0.1) is 0 Å². The predicted molar refractivity (Wildman–Crippen MR) is 130 cm³/mol. The Balaban J connectivity index is 1.36. The van der Waals surface area contributed by atoms with Crippen LogP contribution in [-0.4, -0.2) is 59.3 Å². The molecule has 0 radical (unpaired) electrons. The van der Waals surface area contributed by atoms with Crippen molar-refractivity contribution in [1.82, 2.24) is 19.9 Å². The molecule has 8 heteroatoms. The topological polar surface area (TPSA) is 98.4 Å². The molecule has 2 aromatic carbocycles. The molecule has 3 heterocycles. The number of benzene rings is 2. The summed E-state index contributed by atoms with van der Waals surface area (Å²) in [6, 6.07) is 17.3. The fraction of sp³-hybridized carbons (Fsp3) is 0.240. The van der Waals surface area contributed by atoms with Crippen LogP contribution in [0.15, 0.2) is 67.0 Å². The Bertz CT molecular complexity index is 1230. The van der Waals surface area contributed by atoms with E-state index in [-0.39, 0.29) is 0 Å². The number of aromatic nitrogens is 3. The number of nitrogens with zero attached hydrogens (tertiary/aromatic N) is 4. The molecule has 1 saturated heterocycles. The highest BCUT2D eigenvalue weighted by atomic mass is 16.5. The summed E-state index contributed by atoms with van der Waals surface area (Å²) < 4.78 is 11.4. The van der Waals surface area contributed by atoms with Gasteiger partial charge in [-0.1, -0.05) is 12.1 Å². The van der Waals surface area contributed by atoms with Crippen molar-refractivity contribution in [1.29, 1.82) is 0 Å². The zero-order chi connectivity index (χ0) is 22.5. The first-order chi connectivity index (χ1) is 16.2. The quantitative estimate of drug-likeness (QED) is 0.418. The number of pyridine rings is 1. The van der Waals surface area contributed by atoms with Crippen LogP contribution < -0.4 is 15.8 Å². The summed E-state index contributed by atoms with van der Waals surface area (Å²) in [7, 11) is 0. The molecule has 0 bridgehead atoms. The number of nitrogen functional groups attached to an aromatic ring is 1. The van der Waals surface area contributed by atoms with Gasteiger partial charge in [0.1, 0.15) is 17.9 Å². The van der Waals surface area contributed by atoms with Gasteiger partial charge in [-0.2, -0.15) is 0 Å². The van der Waals surface area contributed by atoms with E-state index >= 15 is 0 Å². The molecule has 4 aromatic rings. The van der Waals surface area contributed by atoms with Gasteiger partial charge in [-0.25, -0.2) is 9.97 Å². The van der Waals surface area contributed by atoms with Gasteiger partial charge >= 0.3 is 0 Å². The van der Waals surface area contributed by atoms with E-state index < -0.39 is 0 Å². The lowest BCUT2D eigenvalue weighted by molar-refractivity contribution is 0.0322. The highest BCUT2D eigenvalue weighted by molar-refractivity contribution is 5.91. The highest BCUT2D eigenvalue weighted by Crippen LogP contribution is 2.28. The van der Waals surface area contributed by atoms with Gasteiger partial charge in [0.15, 0.2) is 0 Å². The molecule has 33 heavy (non-hydrogen) atoms. The molecule has 1 aliphatic rings. The first-order valence-electron chi connectivity index (χ1n) is 11.0. The molecule has 0 aliphatic carbocycles. The Morgan fingerprint density at radius 1 is 1.03 bits per heavy atom. The first kappa shape index (κ1) is 21.1. The van der Waals surface area contributed by atoms with Crippen molar-refractivity contribution in [2.24, 2.45) is 0 Å². The van der Waals surface area contributed by atoms with Crippen LogP contribution in [-0.2, 0) is 4.74 Å². The lowest BCUT2D eigenvalue weighted by atomic mass is 10.1. The highest BCUT2D eigenvalue weighted by Gasteiger charge is 2.12. The molecule has 2 aromatic heterocycles. The fourth-order valence-electron chi connectivity index (χ4n) is 3.77. The number of morpholine rings is 1. The van der Waals surface area contributed by atoms with E-state index in [1.807, 2.05) is 54.6 Å². The molecule has 3 N–H and O–H groups in total. The van der Waals surface area contributed by atoms with Crippen LogP contribution in [0, 0.1) is 0 Å². The van der Waals surface area contributed by atoms with Gasteiger partial charge in [0.2, 0.25) is 5.95 Å². The molecule has 0 atom stereocenters. The fourth-order valence-corrected chi connectivity index (χ4v) is 3.77.